The summed E-state index contributed by atoms with van der Waals surface area (Å²) in [5, 5.41) is 9.70. The Labute approximate surface area is 188 Å². The first-order valence-corrected chi connectivity index (χ1v) is 11.9. The molecule has 1 unspecified atom stereocenters. The van der Waals surface area contributed by atoms with Gasteiger partial charge in [0, 0.05) is 19.1 Å². The Bertz CT molecular complexity index is 865. The van der Waals surface area contributed by atoms with Crippen LogP contribution in [0.2, 0.25) is 0 Å². The zero-order valence-corrected chi connectivity index (χ0v) is 18.6. The molecule has 5 atom stereocenters. The molecule has 174 valence electrons. The predicted octanol–water partition coefficient (Wildman–Crippen LogP) is 1.18. The fraction of sp³-hybridized carbons (Fsp3) is 0.708. The first-order chi connectivity index (χ1) is 15.4. The maximum absolute atomic E-state index is 14.0. The van der Waals surface area contributed by atoms with Crippen LogP contribution < -0.4 is 0 Å². The van der Waals surface area contributed by atoms with E-state index >= 15 is 0 Å². The number of β-amino-alcohol motifs (C(OH)–C–C–N with tert-alkyl or cyclic N) is 1. The molecule has 0 radical (unpaired) electrons. The predicted molar refractivity (Wildman–Crippen MR) is 114 cm³/mol. The Kier molecular flexibility index (Phi) is 5.40. The van der Waals surface area contributed by atoms with Gasteiger partial charge in [0.05, 0.1) is 24.7 Å². The Morgan fingerprint density at radius 1 is 1.06 bits per heavy atom. The van der Waals surface area contributed by atoms with Gasteiger partial charge in [0.15, 0.2) is 0 Å². The minimum absolute atomic E-state index is 0.0253. The third-order valence-electron chi connectivity index (χ3n) is 7.91. The van der Waals surface area contributed by atoms with Crippen LogP contribution in [0.1, 0.15) is 45.4 Å². The minimum atomic E-state index is -1.26. The summed E-state index contributed by atoms with van der Waals surface area (Å²) in [7, 11) is 0. The molecule has 5 aliphatic rings. The highest BCUT2D eigenvalue weighted by Gasteiger charge is 2.74. The van der Waals surface area contributed by atoms with Crippen molar-refractivity contribution in [1.82, 2.24) is 9.80 Å². The van der Waals surface area contributed by atoms with Gasteiger partial charge >= 0.3 is 5.97 Å². The number of rotatable bonds is 3. The monoisotopic (exact) mass is 444 g/mol. The number of cyclic esters (lactones) is 1. The van der Waals surface area contributed by atoms with E-state index in [4.69, 9.17) is 9.47 Å². The number of amides is 2. The zero-order valence-electron chi connectivity index (χ0n) is 18.6. The van der Waals surface area contributed by atoms with Crippen molar-refractivity contribution in [2.75, 3.05) is 26.3 Å². The topological polar surface area (TPSA) is 96.4 Å². The van der Waals surface area contributed by atoms with Gasteiger partial charge in [-0.3, -0.25) is 14.4 Å². The van der Waals surface area contributed by atoms with Crippen molar-refractivity contribution in [1.29, 1.82) is 0 Å². The lowest BCUT2D eigenvalue weighted by Gasteiger charge is -2.40. The average molecular weight is 445 g/mol. The van der Waals surface area contributed by atoms with Gasteiger partial charge in [-0.05, 0) is 26.2 Å². The number of hydrogen-bond acceptors (Lipinski definition) is 6. The molecule has 4 aliphatic heterocycles. The van der Waals surface area contributed by atoms with Crippen LogP contribution in [-0.4, -0.2) is 82.3 Å². The van der Waals surface area contributed by atoms with Crippen molar-refractivity contribution in [2.24, 2.45) is 11.8 Å². The highest BCUT2D eigenvalue weighted by molar-refractivity contribution is 5.99. The normalized spacial score (nSPS) is 39.8. The van der Waals surface area contributed by atoms with Crippen molar-refractivity contribution in [2.45, 2.75) is 68.7 Å². The minimum Gasteiger partial charge on any atom is -0.465 e. The van der Waals surface area contributed by atoms with Crippen LogP contribution in [0.15, 0.2) is 24.3 Å². The van der Waals surface area contributed by atoms with Gasteiger partial charge < -0.3 is 24.4 Å². The second-order valence-electron chi connectivity index (χ2n) is 9.80. The molecular formula is C24H32N2O6. The Morgan fingerprint density at radius 3 is 2.59 bits per heavy atom. The van der Waals surface area contributed by atoms with Gasteiger partial charge in [-0.2, -0.15) is 0 Å². The molecule has 1 N–H and O–H groups in total. The number of fused-ring (bicyclic) bond motifs is 2. The summed E-state index contributed by atoms with van der Waals surface area (Å²) in [6.07, 6.45) is 13.4. The molecule has 1 saturated carbocycles. The highest BCUT2D eigenvalue weighted by atomic mass is 16.6. The number of ether oxygens (including phenoxy) is 2. The smallest absolute Gasteiger partial charge is 0.313 e. The van der Waals surface area contributed by atoms with E-state index in [1.807, 2.05) is 29.2 Å². The SMILES string of the molecule is C[C@]12C=CCCOC(=O)[C@H]1[C@H]1C(=O)N(CCO)C3C(=O)N(C4CCCCC4)CC=C[C@@]31O2. The summed E-state index contributed by atoms with van der Waals surface area (Å²) in [6.45, 7) is 2.27. The Balaban J connectivity index is 1.60. The Hall–Kier alpha value is -2.19. The van der Waals surface area contributed by atoms with E-state index in [1.54, 1.807) is 6.92 Å². The molecular weight excluding hydrogens is 412 g/mol. The van der Waals surface area contributed by atoms with Crippen molar-refractivity contribution >= 4 is 17.8 Å². The van der Waals surface area contributed by atoms with Gasteiger partial charge in [0.1, 0.15) is 17.6 Å². The van der Waals surface area contributed by atoms with Crippen LogP contribution in [0.3, 0.4) is 0 Å². The van der Waals surface area contributed by atoms with Crippen molar-refractivity contribution in [3.63, 3.8) is 0 Å². The lowest BCUT2D eigenvalue weighted by atomic mass is 9.74. The van der Waals surface area contributed by atoms with Crippen LogP contribution in [0.5, 0.6) is 0 Å². The van der Waals surface area contributed by atoms with E-state index < -0.39 is 35.0 Å². The summed E-state index contributed by atoms with van der Waals surface area (Å²) in [5.74, 6) is -2.67. The maximum atomic E-state index is 14.0. The third-order valence-corrected chi connectivity index (χ3v) is 7.91. The summed E-state index contributed by atoms with van der Waals surface area (Å²) in [6, 6.07) is -0.768. The highest BCUT2D eigenvalue weighted by Crippen LogP contribution is 2.57. The second-order valence-corrected chi connectivity index (χ2v) is 9.80. The number of likely N-dealkylation sites (tertiary alicyclic amines) is 1. The lowest BCUT2D eigenvalue weighted by Crippen LogP contribution is -2.58. The van der Waals surface area contributed by atoms with Crippen LogP contribution in [0, 0.1) is 11.8 Å². The number of aliphatic hydroxyl groups is 1. The van der Waals surface area contributed by atoms with Crippen molar-refractivity contribution < 1.29 is 29.0 Å². The molecule has 2 amide bonds. The molecule has 8 heteroatoms. The van der Waals surface area contributed by atoms with Crippen molar-refractivity contribution in [3.05, 3.63) is 24.3 Å². The molecule has 0 aromatic heterocycles. The summed E-state index contributed by atoms with van der Waals surface area (Å²) < 4.78 is 12.1. The zero-order chi connectivity index (χ0) is 22.5. The Morgan fingerprint density at radius 2 is 1.84 bits per heavy atom. The quantitative estimate of drug-likeness (QED) is 0.519. The molecule has 5 rings (SSSR count). The number of aliphatic hydroxyl groups excluding tert-OH is 1. The first kappa shape index (κ1) is 21.6. The van der Waals surface area contributed by atoms with Crippen molar-refractivity contribution in [3.8, 4) is 0 Å². The molecule has 4 heterocycles. The fourth-order valence-electron chi connectivity index (χ4n) is 6.57. The lowest BCUT2D eigenvalue weighted by molar-refractivity contribution is -0.160. The van der Waals surface area contributed by atoms with Crippen LogP contribution in [0.25, 0.3) is 0 Å². The van der Waals surface area contributed by atoms with Gasteiger partial charge in [0.2, 0.25) is 11.8 Å². The van der Waals surface area contributed by atoms with Gasteiger partial charge in [-0.25, -0.2) is 0 Å². The second kappa shape index (κ2) is 7.99. The first-order valence-electron chi connectivity index (χ1n) is 11.9. The average Bonchev–Trinajstić information content (AvgIpc) is 3.08. The summed E-state index contributed by atoms with van der Waals surface area (Å²) in [4.78, 5) is 44.1. The maximum Gasteiger partial charge on any atom is 0.313 e. The van der Waals surface area contributed by atoms with Crippen LogP contribution in [-0.2, 0) is 23.9 Å². The van der Waals surface area contributed by atoms with Crippen LogP contribution in [0.4, 0.5) is 0 Å². The molecule has 1 aliphatic carbocycles. The van der Waals surface area contributed by atoms with E-state index in [1.165, 1.54) is 11.3 Å². The standard InChI is InChI=1S/C24H32N2O6/c1-23-10-5-6-15-31-22(30)18(23)17-20(28)26(13-14-27)19-21(29)25(16-8-3-2-4-9-16)12-7-11-24(17,19)32-23/h5,7,10-11,16-19,27H,2-4,6,8-9,12-15H2,1H3/t17-,18+,19?,23-,24-/m0/s1. The third kappa shape index (κ3) is 3.06. The molecule has 3 fully saturated rings. The largest absolute Gasteiger partial charge is 0.465 e. The molecule has 0 aromatic rings. The number of nitrogens with zero attached hydrogens (tertiary/aromatic N) is 2. The van der Waals surface area contributed by atoms with Gasteiger partial charge in [-0.15, -0.1) is 0 Å². The summed E-state index contributed by atoms with van der Waals surface area (Å²) >= 11 is 0. The molecule has 8 nitrogen and oxygen atoms in total. The molecule has 0 aromatic carbocycles. The van der Waals surface area contributed by atoms with E-state index in [0.717, 1.165) is 25.7 Å². The molecule has 0 bridgehead atoms. The van der Waals surface area contributed by atoms with Gasteiger partial charge in [-0.1, -0.05) is 43.6 Å². The molecule has 32 heavy (non-hydrogen) atoms. The van der Waals surface area contributed by atoms with E-state index in [9.17, 15) is 19.5 Å². The number of carbonyl (C=O) groups is 3. The van der Waals surface area contributed by atoms with Gasteiger partial charge in [0.25, 0.3) is 0 Å². The number of carbonyl (C=O) groups excluding carboxylic acids is 3. The molecule has 2 saturated heterocycles. The van der Waals surface area contributed by atoms with E-state index in [2.05, 4.69) is 0 Å². The van der Waals surface area contributed by atoms with E-state index in [0.29, 0.717) is 13.0 Å². The number of esters is 1. The van der Waals surface area contributed by atoms with Crippen LogP contribution >= 0.6 is 0 Å². The van der Waals surface area contributed by atoms with E-state index in [-0.39, 0.29) is 37.6 Å². The molecule has 1 spiro atoms. The fourth-order valence-corrected chi connectivity index (χ4v) is 6.57. The number of hydrogen-bond donors (Lipinski definition) is 1. The summed E-state index contributed by atoms with van der Waals surface area (Å²) in [5.41, 5.74) is -2.31.